The first kappa shape index (κ1) is 11.1. The van der Waals surface area contributed by atoms with Crippen molar-refractivity contribution in [3.8, 4) is 0 Å². The Morgan fingerprint density at radius 3 is 2.58 bits per heavy atom. The zero-order valence-electron chi connectivity index (χ0n) is 7.80. The Balaban J connectivity index is 4.23. The average Bonchev–Trinajstić information content (AvgIpc) is 2.02. The smallest absolute Gasteiger partial charge is 0.225 e. The summed E-state index contributed by atoms with van der Waals surface area (Å²) >= 11 is 0. The van der Waals surface area contributed by atoms with E-state index in [0.717, 1.165) is 5.57 Å². The van der Waals surface area contributed by atoms with Gasteiger partial charge in [0.15, 0.2) is 0 Å². The molecule has 68 valence electrons. The van der Waals surface area contributed by atoms with Gasteiger partial charge >= 0.3 is 0 Å². The lowest BCUT2D eigenvalue weighted by Gasteiger charge is -2.12. The molecule has 1 unspecified atom stereocenters. The lowest BCUT2D eigenvalue weighted by molar-refractivity contribution is -0.0626. The van der Waals surface area contributed by atoms with Crippen molar-refractivity contribution >= 4 is 0 Å². The summed E-state index contributed by atoms with van der Waals surface area (Å²) in [7, 11) is 1.33. The molecule has 0 aliphatic rings. The molecule has 0 aromatic carbocycles. The Morgan fingerprint density at radius 2 is 2.17 bits per heavy atom. The molecular formula is C10H15FO. The minimum Gasteiger partial charge on any atom is -0.346 e. The van der Waals surface area contributed by atoms with Crippen LogP contribution in [-0.4, -0.2) is 13.0 Å². The van der Waals surface area contributed by atoms with Crippen molar-refractivity contribution < 1.29 is 9.13 Å². The first-order valence-corrected chi connectivity index (χ1v) is 3.74. The molecule has 0 aromatic heterocycles. The summed E-state index contributed by atoms with van der Waals surface area (Å²) in [6.07, 6.45) is 6.47. The van der Waals surface area contributed by atoms with E-state index in [1.165, 1.54) is 20.1 Å². The molecule has 0 amide bonds. The summed E-state index contributed by atoms with van der Waals surface area (Å²) < 4.78 is 17.6. The van der Waals surface area contributed by atoms with E-state index in [0.29, 0.717) is 0 Å². The van der Waals surface area contributed by atoms with Gasteiger partial charge in [0.2, 0.25) is 5.85 Å². The predicted molar refractivity (Wildman–Crippen MR) is 49.6 cm³/mol. The number of rotatable bonds is 4. The maximum absolute atomic E-state index is 13.1. The number of ether oxygens (including phenoxy) is 1. The Morgan fingerprint density at radius 1 is 1.58 bits per heavy atom. The molecule has 0 saturated heterocycles. The van der Waals surface area contributed by atoms with E-state index in [1.807, 2.05) is 6.92 Å². The predicted octanol–water partition coefficient (Wildman–Crippen LogP) is 3.01. The third-order valence-electron chi connectivity index (χ3n) is 1.42. The van der Waals surface area contributed by atoms with Crippen LogP contribution in [0.2, 0.25) is 0 Å². The van der Waals surface area contributed by atoms with Gasteiger partial charge in [0.25, 0.3) is 0 Å². The standard InChI is InChI=1S/C10H15FO/c1-5-6-9(2)7-8-10(3,11)12-4/h5-8H,1H2,2-4H3/b8-7+,9-6-. The van der Waals surface area contributed by atoms with Gasteiger partial charge in [-0.25, -0.2) is 4.39 Å². The summed E-state index contributed by atoms with van der Waals surface area (Å²) in [4.78, 5) is 0. The highest BCUT2D eigenvalue weighted by Crippen LogP contribution is 2.13. The number of halogens is 1. The SMILES string of the molecule is C=C/C=C(C)\C=C\C(C)(F)OC. The molecule has 0 bridgehead atoms. The van der Waals surface area contributed by atoms with Gasteiger partial charge < -0.3 is 4.74 Å². The lowest BCUT2D eigenvalue weighted by Crippen LogP contribution is -2.16. The number of alkyl halides is 1. The molecule has 0 aromatic rings. The van der Waals surface area contributed by atoms with Crippen molar-refractivity contribution in [2.45, 2.75) is 19.7 Å². The molecule has 2 heteroatoms. The Labute approximate surface area is 73.2 Å². The third kappa shape index (κ3) is 4.85. The van der Waals surface area contributed by atoms with Crippen LogP contribution in [0.3, 0.4) is 0 Å². The van der Waals surface area contributed by atoms with Crippen molar-refractivity contribution in [1.29, 1.82) is 0 Å². The lowest BCUT2D eigenvalue weighted by atomic mass is 10.2. The maximum atomic E-state index is 13.1. The van der Waals surface area contributed by atoms with Crippen LogP contribution in [0.25, 0.3) is 0 Å². The maximum Gasteiger partial charge on any atom is 0.225 e. The van der Waals surface area contributed by atoms with Gasteiger partial charge in [-0.15, -0.1) is 0 Å². The van der Waals surface area contributed by atoms with Crippen LogP contribution in [0.4, 0.5) is 4.39 Å². The van der Waals surface area contributed by atoms with Crippen LogP contribution in [0.15, 0.2) is 36.5 Å². The summed E-state index contributed by atoms with van der Waals surface area (Å²) in [5.74, 6) is -1.68. The summed E-state index contributed by atoms with van der Waals surface area (Å²) in [6, 6.07) is 0. The van der Waals surface area contributed by atoms with Gasteiger partial charge in [-0.1, -0.05) is 30.4 Å². The largest absolute Gasteiger partial charge is 0.346 e. The fourth-order valence-corrected chi connectivity index (χ4v) is 0.590. The molecule has 0 fully saturated rings. The van der Waals surface area contributed by atoms with Gasteiger partial charge in [0.05, 0.1) is 0 Å². The fourth-order valence-electron chi connectivity index (χ4n) is 0.590. The molecule has 0 rings (SSSR count). The molecule has 0 heterocycles. The molecule has 0 radical (unpaired) electrons. The van der Waals surface area contributed by atoms with Crippen LogP contribution >= 0.6 is 0 Å². The molecule has 0 N–H and O–H groups in total. The second-order valence-corrected chi connectivity index (χ2v) is 2.67. The molecule has 0 aliphatic carbocycles. The minimum absolute atomic E-state index is 0.936. The van der Waals surface area contributed by atoms with E-state index >= 15 is 0 Å². The van der Waals surface area contributed by atoms with Crippen LogP contribution in [-0.2, 0) is 4.74 Å². The number of allylic oxidation sites excluding steroid dienone is 4. The zero-order valence-corrected chi connectivity index (χ0v) is 7.80. The second-order valence-electron chi connectivity index (χ2n) is 2.67. The van der Waals surface area contributed by atoms with Crippen molar-refractivity contribution in [2.24, 2.45) is 0 Å². The van der Waals surface area contributed by atoms with Gasteiger partial charge in [-0.2, -0.15) is 0 Å². The van der Waals surface area contributed by atoms with E-state index < -0.39 is 5.85 Å². The Hall–Kier alpha value is -0.890. The number of methoxy groups -OCH3 is 1. The minimum atomic E-state index is -1.68. The molecule has 1 atom stereocenters. The second kappa shape index (κ2) is 4.88. The van der Waals surface area contributed by atoms with Gasteiger partial charge in [0.1, 0.15) is 0 Å². The first-order chi connectivity index (χ1) is 5.52. The molecule has 0 saturated carbocycles. The first-order valence-electron chi connectivity index (χ1n) is 3.74. The van der Waals surface area contributed by atoms with Crippen molar-refractivity contribution in [2.75, 3.05) is 7.11 Å². The Kier molecular flexibility index (Phi) is 4.52. The van der Waals surface area contributed by atoms with Gasteiger partial charge in [-0.05, 0) is 19.9 Å². The topological polar surface area (TPSA) is 9.23 Å². The van der Waals surface area contributed by atoms with E-state index in [9.17, 15) is 4.39 Å². The van der Waals surface area contributed by atoms with Crippen LogP contribution in [0.5, 0.6) is 0 Å². The fraction of sp³-hybridized carbons (Fsp3) is 0.400. The number of hydrogen-bond donors (Lipinski definition) is 0. The highest BCUT2D eigenvalue weighted by Gasteiger charge is 2.15. The number of hydrogen-bond acceptors (Lipinski definition) is 1. The Bertz CT molecular complexity index is 202. The summed E-state index contributed by atoms with van der Waals surface area (Å²) in [6.45, 7) is 6.75. The summed E-state index contributed by atoms with van der Waals surface area (Å²) in [5, 5.41) is 0. The van der Waals surface area contributed by atoms with Crippen molar-refractivity contribution in [3.05, 3.63) is 36.5 Å². The molecule has 12 heavy (non-hydrogen) atoms. The summed E-state index contributed by atoms with van der Waals surface area (Å²) in [5.41, 5.74) is 0.936. The van der Waals surface area contributed by atoms with Gasteiger partial charge in [0, 0.05) is 7.11 Å². The monoisotopic (exact) mass is 170 g/mol. The van der Waals surface area contributed by atoms with Crippen LogP contribution < -0.4 is 0 Å². The average molecular weight is 170 g/mol. The molecule has 1 nitrogen and oxygen atoms in total. The van der Waals surface area contributed by atoms with E-state index in [2.05, 4.69) is 11.3 Å². The normalized spacial score (nSPS) is 17.8. The van der Waals surface area contributed by atoms with Crippen LogP contribution in [0.1, 0.15) is 13.8 Å². The van der Waals surface area contributed by atoms with Crippen molar-refractivity contribution in [1.82, 2.24) is 0 Å². The molecule has 0 spiro atoms. The van der Waals surface area contributed by atoms with E-state index in [-0.39, 0.29) is 0 Å². The highest BCUT2D eigenvalue weighted by atomic mass is 19.2. The van der Waals surface area contributed by atoms with Crippen LogP contribution in [0, 0.1) is 0 Å². The van der Waals surface area contributed by atoms with Gasteiger partial charge in [-0.3, -0.25) is 0 Å². The van der Waals surface area contributed by atoms with E-state index in [1.54, 1.807) is 18.2 Å². The molecule has 0 aliphatic heterocycles. The molecular weight excluding hydrogens is 155 g/mol. The quantitative estimate of drug-likeness (QED) is 0.589. The van der Waals surface area contributed by atoms with Crippen molar-refractivity contribution in [3.63, 3.8) is 0 Å². The highest BCUT2D eigenvalue weighted by molar-refractivity contribution is 5.21. The van der Waals surface area contributed by atoms with E-state index in [4.69, 9.17) is 0 Å². The zero-order chi connectivity index (χ0) is 9.61. The third-order valence-corrected chi connectivity index (χ3v) is 1.42.